The molecule has 3 nitrogen and oxygen atoms in total. The van der Waals surface area contributed by atoms with Crippen molar-refractivity contribution in [1.82, 2.24) is 9.97 Å². The maximum atomic E-state index is 5.96. The van der Waals surface area contributed by atoms with Crippen LogP contribution in [0.2, 0.25) is 0 Å². The molecule has 5 aromatic heterocycles. The second-order valence-corrected chi connectivity index (χ2v) is 12.6. The topological polar surface area (TPSA) is 35.0 Å². The van der Waals surface area contributed by atoms with Gasteiger partial charge in [0.1, 0.15) is 0 Å². The number of hydrogen-bond donors (Lipinski definition) is 0. The lowest BCUT2D eigenvalue weighted by Gasteiger charge is -2.06. The Bertz CT molecular complexity index is 1340. The zero-order chi connectivity index (χ0) is 25.3. The summed E-state index contributed by atoms with van der Waals surface area (Å²) in [4.78, 5) is 16.9. The first-order valence-electron chi connectivity index (χ1n) is 12.4. The van der Waals surface area contributed by atoms with E-state index in [4.69, 9.17) is 4.74 Å². The Labute approximate surface area is 234 Å². The van der Waals surface area contributed by atoms with E-state index in [0.29, 0.717) is 12.6 Å². The highest BCUT2D eigenvalue weighted by atomic mass is 32.1. The van der Waals surface area contributed by atoms with Crippen molar-refractivity contribution in [3.05, 3.63) is 86.5 Å². The molecular weight excluding hydrogens is 533 g/mol. The molecular formula is C30H28N2OS4. The summed E-state index contributed by atoms with van der Waals surface area (Å²) in [6.45, 7) is 2.85. The molecule has 0 aliphatic rings. The van der Waals surface area contributed by atoms with Crippen LogP contribution in [0.3, 0.4) is 0 Å². The molecule has 0 amide bonds. The molecule has 0 unspecified atom stereocenters. The number of thiophene rings is 4. The summed E-state index contributed by atoms with van der Waals surface area (Å²) in [5, 5.41) is 4.23. The van der Waals surface area contributed by atoms with Crippen LogP contribution in [0.5, 0.6) is 6.01 Å². The van der Waals surface area contributed by atoms with E-state index < -0.39 is 0 Å². The van der Waals surface area contributed by atoms with Gasteiger partial charge in [0.15, 0.2) is 0 Å². The molecule has 0 spiro atoms. The maximum Gasteiger partial charge on any atom is 0.317 e. The van der Waals surface area contributed by atoms with Crippen LogP contribution in [0.4, 0.5) is 0 Å². The Hall–Kier alpha value is -2.84. The van der Waals surface area contributed by atoms with Gasteiger partial charge in [-0.05, 0) is 83.9 Å². The van der Waals surface area contributed by atoms with E-state index in [0.717, 1.165) is 17.8 Å². The minimum atomic E-state index is 0.439. The molecule has 0 aliphatic heterocycles. The fourth-order valence-corrected chi connectivity index (χ4v) is 7.20. The van der Waals surface area contributed by atoms with Gasteiger partial charge in [0, 0.05) is 29.3 Å². The summed E-state index contributed by atoms with van der Waals surface area (Å²) < 4.78 is 5.96. The van der Waals surface area contributed by atoms with Crippen LogP contribution in [-0.2, 0) is 0 Å². The normalized spacial score (nSPS) is 11.7. The minimum Gasteiger partial charge on any atom is -0.463 e. The molecule has 0 N–H and O–H groups in total. The third-order valence-electron chi connectivity index (χ3n) is 5.59. The van der Waals surface area contributed by atoms with Gasteiger partial charge in [0.2, 0.25) is 0 Å². The molecule has 0 fully saturated rings. The van der Waals surface area contributed by atoms with Crippen molar-refractivity contribution in [1.29, 1.82) is 0 Å². The zero-order valence-electron chi connectivity index (χ0n) is 20.6. The second kappa shape index (κ2) is 13.1. The van der Waals surface area contributed by atoms with Crippen molar-refractivity contribution < 1.29 is 4.74 Å². The monoisotopic (exact) mass is 560 g/mol. The highest BCUT2D eigenvalue weighted by Crippen LogP contribution is 2.33. The Morgan fingerprint density at radius 3 is 1.78 bits per heavy atom. The highest BCUT2D eigenvalue weighted by Gasteiger charge is 2.06. The average Bonchev–Trinajstić information content (AvgIpc) is 3.73. The Kier molecular flexibility index (Phi) is 9.14. The largest absolute Gasteiger partial charge is 0.463 e. The summed E-state index contributed by atoms with van der Waals surface area (Å²) >= 11 is 7.11. The standard InChI is InChI=1S/C30H28N2OS4/c1-2-3-4-5-18-33-30-31-22(10-12-24-14-16-28(36-24)26-8-6-19-34-26)21-23(32-30)11-13-25-15-17-29(37-25)27-9-7-20-35-27/h6-17,19-21H,2-5,18H2,1H3/b12-10+,13-11+. The maximum absolute atomic E-state index is 5.96. The summed E-state index contributed by atoms with van der Waals surface area (Å²) in [6.07, 6.45) is 13.0. The lowest BCUT2D eigenvalue weighted by molar-refractivity contribution is 0.281. The molecule has 0 atom stereocenters. The van der Waals surface area contributed by atoms with Gasteiger partial charge >= 0.3 is 6.01 Å². The van der Waals surface area contributed by atoms with Crippen molar-refractivity contribution in [2.75, 3.05) is 6.61 Å². The van der Waals surface area contributed by atoms with Crippen LogP contribution >= 0.6 is 45.3 Å². The van der Waals surface area contributed by atoms with Gasteiger partial charge in [-0.15, -0.1) is 45.3 Å². The molecule has 188 valence electrons. The second-order valence-electron chi connectivity index (χ2n) is 8.43. The van der Waals surface area contributed by atoms with Gasteiger partial charge in [0.25, 0.3) is 0 Å². The molecule has 0 aliphatic carbocycles. The third kappa shape index (κ3) is 7.36. The van der Waals surface area contributed by atoms with Crippen molar-refractivity contribution in [2.45, 2.75) is 32.6 Å². The van der Waals surface area contributed by atoms with Crippen LogP contribution in [0.25, 0.3) is 43.8 Å². The van der Waals surface area contributed by atoms with Crippen LogP contribution in [0, 0.1) is 0 Å². The van der Waals surface area contributed by atoms with Gasteiger partial charge < -0.3 is 4.74 Å². The number of hydrogen-bond acceptors (Lipinski definition) is 7. The first-order valence-corrected chi connectivity index (χ1v) is 15.8. The SMILES string of the molecule is CCCCCCOc1nc(/C=C/c2ccc(-c3cccs3)s2)cc(/C=C/c2ccc(-c3cccs3)s2)n1. The van der Waals surface area contributed by atoms with E-state index in [1.54, 1.807) is 45.3 Å². The van der Waals surface area contributed by atoms with Crippen molar-refractivity contribution in [3.63, 3.8) is 0 Å². The number of ether oxygens (including phenoxy) is 1. The Morgan fingerprint density at radius 1 is 0.676 bits per heavy atom. The Morgan fingerprint density at radius 2 is 1.27 bits per heavy atom. The van der Waals surface area contributed by atoms with Crippen molar-refractivity contribution in [3.8, 4) is 25.5 Å². The van der Waals surface area contributed by atoms with Crippen LogP contribution in [0.15, 0.2) is 65.4 Å². The highest BCUT2D eigenvalue weighted by molar-refractivity contribution is 7.22. The zero-order valence-corrected chi connectivity index (χ0v) is 23.9. The van der Waals surface area contributed by atoms with E-state index in [9.17, 15) is 0 Å². The van der Waals surface area contributed by atoms with E-state index in [1.165, 1.54) is 48.5 Å². The number of nitrogens with zero attached hydrogens (tertiary/aromatic N) is 2. The van der Waals surface area contributed by atoms with E-state index >= 15 is 0 Å². The summed E-state index contributed by atoms with van der Waals surface area (Å²) in [5.74, 6) is 0. The number of aromatic nitrogens is 2. The first-order chi connectivity index (χ1) is 18.3. The fraction of sp³-hybridized carbons (Fsp3) is 0.200. The van der Waals surface area contributed by atoms with Crippen LogP contribution in [-0.4, -0.2) is 16.6 Å². The summed E-state index contributed by atoms with van der Waals surface area (Å²) in [6, 6.07) is 19.6. The predicted molar refractivity (Wildman–Crippen MR) is 165 cm³/mol. The number of rotatable bonds is 12. The van der Waals surface area contributed by atoms with Crippen LogP contribution in [0.1, 0.15) is 53.7 Å². The molecule has 7 heteroatoms. The summed E-state index contributed by atoms with van der Waals surface area (Å²) in [5.41, 5.74) is 1.68. The number of unbranched alkanes of at least 4 members (excludes halogenated alkanes) is 3. The average molecular weight is 561 g/mol. The smallest absolute Gasteiger partial charge is 0.317 e. The molecule has 37 heavy (non-hydrogen) atoms. The van der Waals surface area contributed by atoms with Crippen molar-refractivity contribution >= 4 is 69.7 Å². The fourth-order valence-electron chi connectivity index (χ4n) is 3.71. The van der Waals surface area contributed by atoms with Crippen molar-refractivity contribution in [2.24, 2.45) is 0 Å². The predicted octanol–water partition coefficient (Wildman–Crippen LogP) is 10.4. The van der Waals surface area contributed by atoms with Gasteiger partial charge in [0.05, 0.1) is 18.0 Å². The lowest BCUT2D eigenvalue weighted by atomic mass is 10.2. The summed E-state index contributed by atoms with van der Waals surface area (Å²) in [7, 11) is 0. The molecule has 0 saturated heterocycles. The minimum absolute atomic E-state index is 0.439. The molecule has 0 radical (unpaired) electrons. The Balaban J connectivity index is 1.33. The molecule has 0 bridgehead atoms. The van der Waals surface area contributed by atoms with Gasteiger partial charge in [-0.3, -0.25) is 0 Å². The quantitative estimate of drug-likeness (QED) is 0.142. The molecule has 0 saturated carbocycles. The van der Waals surface area contributed by atoms with E-state index in [2.05, 4.69) is 88.3 Å². The molecule has 5 rings (SSSR count). The third-order valence-corrected chi connectivity index (χ3v) is 9.82. The molecule has 5 heterocycles. The molecule has 0 aromatic carbocycles. The first kappa shape index (κ1) is 25.8. The van der Waals surface area contributed by atoms with E-state index in [-0.39, 0.29) is 0 Å². The van der Waals surface area contributed by atoms with Gasteiger partial charge in [-0.2, -0.15) is 9.97 Å². The van der Waals surface area contributed by atoms with Gasteiger partial charge in [-0.1, -0.05) is 38.3 Å². The van der Waals surface area contributed by atoms with Crippen LogP contribution < -0.4 is 4.74 Å². The van der Waals surface area contributed by atoms with E-state index in [1.807, 2.05) is 18.2 Å². The lowest BCUT2D eigenvalue weighted by Crippen LogP contribution is -2.03. The van der Waals surface area contributed by atoms with Gasteiger partial charge in [-0.25, -0.2) is 0 Å². The molecule has 5 aromatic rings.